The zero-order valence-corrected chi connectivity index (χ0v) is 12.0. The average Bonchev–Trinajstić information content (AvgIpc) is 2.37. The molecule has 0 radical (unpaired) electrons. The van der Waals surface area contributed by atoms with Gasteiger partial charge in [-0.05, 0) is 6.26 Å². The number of anilines is 2. The predicted octanol–water partition coefficient (Wildman–Crippen LogP) is 1.42. The highest BCUT2D eigenvalue weighted by atomic mass is 32.2. The van der Waals surface area contributed by atoms with Crippen LogP contribution in [0.1, 0.15) is 6.92 Å². The highest BCUT2D eigenvalue weighted by Crippen LogP contribution is 2.16. The molecule has 1 unspecified atom stereocenters. The van der Waals surface area contributed by atoms with Crippen LogP contribution in [-0.2, 0) is 10.8 Å². The Balaban J connectivity index is 2.60. The molecular weight excluding hydrogens is 256 g/mol. The second-order valence-corrected chi connectivity index (χ2v) is 5.87. The Labute approximate surface area is 109 Å². The van der Waals surface area contributed by atoms with Crippen LogP contribution in [0.5, 0.6) is 0 Å². The van der Waals surface area contributed by atoms with Crippen LogP contribution < -0.4 is 10.6 Å². The first-order valence-electron chi connectivity index (χ1n) is 5.39. The molecular formula is C10H18N4OS2. The lowest BCUT2D eigenvalue weighted by Crippen LogP contribution is -2.13. The van der Waals surface area contributed by atoms with E-state index in [-0.39, 0.29) is 0 Å². The first kappa shape index (κ1) is 14.2. The van der Waals surface area contributed by atoms with E-state index in [0.29, 0.717) is 18.1 Å². The molecule has 0 aromatic carbocycles. The molecule has 2 N–H and O–H groups in total. The van der Waals surface area contributed by atoms with Crippen LogP contribution in [0.2, 0.25) is 0 Å². The minimum Gasteiger partial charge on any atom is -0.373 e. The van der Waals surface area contributed by atoms with Gasteiger partial charge in [-0.2, -0.15) is 0 Å². The molecule has 1 heterocycles. The third-order valence-corrected chi connectivity index (χ3v) is 3.95. The summed E-state index contributed by atoms with van der Waals surface area (Å²) in [6.45, 7) is 2.58. The Morgan fingerprint density at radius 1 is 1.41 bits per heavy atom. The Kier molecular flexibility index (Phi) is 6.28. The topological polar surface area (TPSA) is 66.9 Å². The van der Waals surface area contributed by atoms with Crippen molar-refractivity contribution < 1.29 is 4.21 Å². The number of nitrogens with zero attached hydrogens (tertiary/aromatic N) is 2. The number of hydrogen-bond donors (Lipinski definition) is 2. The molecule has 1 aromatic rings. The largest absolute Gasteiger partial charge is 0.373 e. The summed E-state index contributed by atoms with van der Waals surface area (Å²) in [4.78, 5) is 8.59. The van der Waals surface area contributed by atoms with Crippen LogP contribution in [-0.4, -0.2) is 45.5 Å². The molecule has 0 saturated carbocycles. The molecule has 1 aromatic heterocycles. The molecule has 0 aliphatic carbocycles. The van der Waals surface area contributed by atoms with E-state index in [1.807, 2.05) is 26.3 Å². The van der Waals surface area contributed by atoms with Gasteiger partial charge in [0.05, 0.1) is 0 Å². The van der Waals surface area contributed by atoms with E-state index in [1.165, 1.54) is 11.8 Å². The number of aromatic nitrogens is 2. The van der Waals surface area contributed by atoms with Crippen LogP contribution >= 0.6 is 11.8 Å². The molecule has 96 valence electrons. The number of nitrogens with one attached hydrogen (secondary N) is 2. The Morgan fingerprint density at radius 2 is 2.12 bits per heavy atom. The van der Waals surface area contributed by atoms with Crippen LogP contribution in [0.15, 0.2) is 11.2 Å². The quantitative estimate of drug-likeness (QED) is 0.579. The first-order valence-corrected chi connectivity index (χ1v) is 8.10. The molecule has 1 rings (SSSR count). The van der Waals surface area contributed by atoms with Crippen molar-refractivity contribution in [3.05, 3.63) is 6.07 Å². The fraction of sp³-hybridized carbons (Fsp3) is 0.600. The molecule has 0 amide bonds. The summed E-state index contributed by atoms with van der Waals surface area (Å²) in [5.74, 6) is 2.89. The van der Waals surface area contributed by atoms with Gasteiger partial charge in [0, 0.05) is 42.0 Å². The first-order chi connectivity index (χ1) is 8.19. The zero-order chi connectivity index (χ0) is 12.7. The number of rotatable bonds is 7. The van der Waals surface area contributed by atoms with Crippen molar-refractivity contribution in [2.75, 3.05) is 42.0 Å². The van der Waals surface area contributed by atoms with E-state index in [4.69, 9.17) is 0 Å². The van der Waals surface area contributed by atoms with Gasteiger partial charge in [0.2, 0.25) is 0 Å². The van der Waals surface area contributed by atoms with Crippen molar-refractivity contribution in [3.8, 4) is 0 Å². The van der Waals surface area contributed by atoms with Crippen LogP contribution in [0.3, 0.4) is 0 Å². The van der Waals surface area contributed by atoms with Gasteiger partial charge in [-0.25, -0.2) is 9.97 Å². The van der Waals surface area contributed by atoms with Crippen molar-refractivity contribution in [1.29, 1.82) is 0 Å². The van der Waals surface area contributed by atoms with E-state index in [2.05, 4.69) is 20.6 Å². The molecule has 0 spiro atoms. The van der Waals surface area contributed by atoms with Crippen LogP contribution in [0, 0.1) is 0 Å². The summed E-state index contributed by atoms with van der Waals surface area (Å²) in [6, 6.07) is 1.84. The molecule has 17 heavy (non-hydrogen) atoms. The lowest BCUT2D eigenvalue weighted by atomic mass is 10.5. The standard InChI is InChI=1S/C10H18N4OS2/c1-4-17(15)6-5-12-9-7-8(11-2)13-10(14-9)16-3/h7H,4-6H2,1-3H3,(H2,11,12,13,14). The normalized spacial score (nSPS) is 12.2. The van der Waals surface area contributed by atoms with Crippen molar-refractivity contribution >= 4 is 34.2 Å². The van der Waals surface area contributed by atoms with Gasteiger partial charge in [0.1, 0.15) is 11.6 Å². The van der Waals surface area contributed by atoms with Gasteiger partial charge in [-0.3, -0.25) is 4.21 Å². The fourth-order valence-corrected chi connectivity index (χ4v) is 2.17. The van der Waals surface area contributed by atoms with Crippen molar-refractivity contribution in [1.82, 2.24) is 9.97 Å². The Hall–Kier alpha value is -0.820. The molecule has 7 heteroatoms. The van der Waals surface area contributed by atoms with Gasteiger partial charge in [0.25, 0.3) is 0 Å². The van der Waals surface area contributed by atoms with Crippen LogP contribution in [0.4, 0.5) is 11.6 Å². The maximum atomic E-state index is 11.3. The summed E-state index contributed by atoms with van der Waals surface area (Å²) < 4.78 is 11.3. The summed E-state index contributed by atoms with van der Waals surface area (Å²) in [7, 11) is 1.08. The van der Waals surface area contributed by atoms with Gasteiger partial charge >= 0.3 is 0 Å². The minimum atomic E-state index is -0.742. The molecule has 0 saturated heterocycles. The summed E-state index contributed by atoms with van der Waals surface area (Å²) in [5, 5.41) is 6.87. The smallest absolute Gasteiger partial charge is 0.191 e. The molecule has 0 aliphatic heterocycles. The number of thioether (sulfide) groups is 1. The van der Waals surface area contributed by atoms with Crippen molar-refractivity contribution in [2.24, 2.45) is 0 Å². The molecule has 0 aliphatic rings. The van der Waals surface area contributed by atoms with Gasteiger partial charge < -0.3 is 10.6 Å². The highest BCUT2D eigenvalue weighted by Gasteiger charge is 2.03. The lowest BCUT2D eigenvalue weighted by Gasteiger charge is -2.08. The lowest BCUT2D eigenvalue weighted by molar-refractivity contribution is 0.684. The predicted molar refractivity (Wildman–Crippen MR) is 75.4 cm³/mol. The maximum absolute atomic E-state index is 11.3. The third-order valence-electron chi connectivity index (χ3n) is 2.10. The monoisotopic (exact) mass is 274 g/mol. The SMILES string of the molecule is CCS(=O)CCNc1cc(NC)nc(SC)n1. The Bertz CT molecular complexity index is 364. The summed E-state index contributed by atoms with van der Waals surface area (Å²) >= 11 is 1.49. The molecule has 0 fully saturated rings. The summed E-state index contributed by atoms with van der Waals surface area (Å²) in [6.07, 6.45) is 1.94. The van der Waals surface area contributed by atoms with Crippen molar-refractivity contribution in [3.63, 3.8) is 0 Å². The molecule has 1 atom stereocenters. The van der Waals surface area contributed by atoms with E-state index in [9.17, 15) is 4.21 Å². The molecule has 0 bridgehead atoms. The van der Waals surface area contributed by atoms with E-state index in [1.54, 1.807) is 0 Å². The highest BCUT2D eigenvalue weighted by molar-refractivity contribution is 7.98. The van der Waals surface area contributed by atoms with E-state index >= 15 is 0 Å². The fourth-order valence-electron chi connectivity index (χ4n) is 1.17. The second kappa shape index (κ2) is 7.50. The van der Waals surface area contributed by atoms with E-state index < -0.39 is 10.8 Å². The Morgan fingerprint density at radius 3 is 2.71 bits per heavy atom. The van der Waals surface area contributed by atoms with E-state index in [0.717, 1.165) is 16.8 Å². The summed E-state index contributed by atoms with van der Waals surface area (Å²) in [5.41, 5.74) is 0. The minimum absolute atomic E-state index is 0.643. The van der Waals surface area contributed by atoms with Gasteiger partial charge in [-0.1, -0.05) is 18.7 Å². The molecule has 5 nitrogen and oxygen atoms in total. The third kappa shape index (κ3) is 4.91. The van der Waals surface area contributed by atoms with Crippen molar-refractivity contribution in [2.45, 2.75) is 12.1 Å². The maximum Gasteiger partial charge on any atom is 0.191 e. The second-order valence-electron chi connectivity index (χ2n) is 3.23. The average molecular weight is 274 g/mol. The van der Waals surface area contributed by atoms with Gasteiger partial charge in [0.15, 0.2) is 5.16 Å². The van der Waals surface area contributed by atoms with Gasteiger partial charge in [-0.15, -0.1) is 0 Å². The van der Waals surface area contributed by atoms with Crippen LogP contribution in [0.25, 0.3) is 0 Å². The number of hydrogen-bond acceptors (Lipinski definition) is 6. The zero-order valence-electron chi connectivity index (χ0n) is 10.3.